The van der Waals surface area contributed by atoms with Gasteiger partial charge < -0.3 is 9.88 Å². The van der Waals surface area contributed by atoms with Crippen molar-refractivity contribution in [2.45, 2.75) is 32.7 Å². The molecule has 1 atom stereocenters. The molecule has 4 aromatic rings. The van der Waals surface area contributed by atoms with E-state index in [1.807, 2.05) is 12.1 Å². The van der Waals surface area contributed by atoms with Crippen LogP contribution in [0.2, 0.25) is 0 Å². The molecule has 0 saturated carbocycles. The van der Waals surface area contributed by atoms with Crippen molar-refractivity contribution in [3.63, 3.8) is 0 Å². The van der Waals surface area contributed by atoms with Gasteiger partial charge in [-0.2, -0.15) is 0 Å². The highest BCUT2D eigenvalue weighted by Crippen LogP contribution is 2.37. The summed E-state index contributed by atoms with van der Waals surface area (Å²) >= 11 is 0. The van der Waals surface area contributed by atoms with E-state index in [0.717, 1.165) is 25.1 Å². The van der Waals surface area contributed by atoms with Crippen molar-refractivity contribution in [1.29, 1.82) is 0 Å². The molecule has 1 unspecified atom stereocenters. The Balaban J connectivity index is 1.56. The quantitative estimate of drug-likeness (QED) is 0.441. The van der Waals surface area contributed by atoms with Gasteiger partial charge in [0.15, 0.2) is 0 Å². The van der Waals surface area contributed by atoms with Crippen LogP contribution in [0.3, 0.4) is 0 Å². The van der Waals surface area contributed by atoms with Gasteiger partial charge >= 0.3 is 0 Å². The number of fused-ring (bicyclic) bond motifs is 2. The highest BCUT2D eigenvalue weighted by atomic mass is 19.1. The van der Waals surface area contributed by atoms with Gasteiger partial charge in [-0.3, -0.25) is 0 Å². The molecule has 1 aliphatic rings. The maximum Gasteiger partial charge on any atom is 0.123 e. The zero-order chi connectivity index (χ0) is 20.0. The lowest BCUT2D eigenvalue weighted by molar-refractivity contribution is 0.577. The molecular weight excluding hydrogens is 359 g/mol. The number of benzene rings is 3. The Kier molecular flexibility index (Phi) is 4.39. The van der Waals surface area contributed by atoms with Gasteiger partial charge in [-0.1, -0.05) is 35.9 Å². The molecule has 29 heavy (non-hydrogen) atoms. The van der Waals surface area contributed by atoms with Crippen LogP contribution < -0.4 is 4.90 Å². The molecule has 2 nitrogen and oxygen atoms in total. The van der Waals surface area contributed by atoms with Gasteiger partial charge in [-0.25, -0.2) is 4.39 Å². The smallest absolute Gasteiger partial charge is 0.123 e. The molecule has 5 rings (SSSR count). The molecule has 0 saturated heterocycles. The molecular formula is C26H25FN2. The first kappa shape index (κ1) is 18.0. The maximum absolute atomic E-state index is 13.5. The van der Waals surface area contributed by atoms with E-state index in [-0.39, 0.29) is 11.9 Å². The average molecular weight is 384 g/mol. The minimum absolute atomic E-state index is 0.189. The summed E-state index contributed by atoms with van der Waals surface area (Å²) in [6.07, 6.45) is 1.93. The summed E-state index contributed by atoms with van der Waals surface area (Å²) in [6, 6.07) is 22.9. The third kappa shape index (κ3) is 3.42. The van der Waals surface area contributed by atoms with E-state index in [1.165, 1.54) is 38.9 Å². The first-order valence-corrected chi connectivity index (χ1v) is 10.3. The molecule has 0 fully saturated rings. The van der Waals surface area contributed by atoms with E-state index in [2.05, 4.69) is 66.2 Å². The van der Waals surface area contributed by atoms with Crippen LogP contribution in [0.4, 0.5) is 10.1 Å². The number of H-pyrrole nitrogens is 1. The second kappa shape index (κ2) is 7.07. The van der Waals surface area contributed by atoms with Crippen LogP contribution in [0.1, 0.15) is 34.0 Å². The Morgan fingerprint density at radius 3 is 2.62 bits per heavy atom. The summed E-state index contributed by atoms with van der Waals surface area (Å²) in [5.74, 6) is -0.189. The first-order valence-electron chi connectivity index (χ1n) is 10.3. The van der Waals surface area contributed by atoms with Gasteiger partial charge in [0, 0.05) is 23.4 Å². The van der Waals surface area contributed by atoms with E-state index in [0.29, 0.717) is 0 Å². The lowest BCUT2D eigenvalue weighted by atomic mass is 9.87. The Bertz CT molecular complexity index is 1170. The van der Waals surface area contributed by atoms with Crippen LogP contribution >= 0.6 is 0 Å². The maximum atomic E-state index is 13.5. The van der Waals surface area contributed by atoms with Crippen LogP contribution in [-0.4, -0.2) is 11.5 Å². The predicted molar refractivity (Wildman–Crippen MR) is 118 cm³/mol. The van der Waals surface area contributed by atoms with Crippen molar-refractivity contribution in [3.05, 3.63) is 100 Å². The van der Waals surface area contributed by atoms with Crippen LogP contribution in [0, 0.1) is 19.7 Å². The second-order valence-electron chi connectivity index (χ2n) is 8.22. The zero-order valence-electron chi connectivity index (χ0n) is 16.9. The standard InChI is InChI=1S/C26H25FN2/c1-17-3-10-24-20(13-17)11-12-29(23-8-6-22(27)7-9-23)26(24)16-19-4-5-21-14-18(2)28-25(21)15-19/h3-10,13-15,26,28H,11-12,16H2,1-2H3. The third-order valence-corrected chi connectivity index (χ3v) is 6.06. The fourth-order valence-corrected chi connectivity index (χ4v) is 4.67. The number of aryl methyl sites for hydroxylation is 2. The molecule has 0 aliphatic carbocycles. The van der Waals surface area contributed by atoms with E-state index in [4.69, 9.17) is 0 Å². The molecule has 1 aromatic heterocycles. The van der Waals surface area contributed by atoms with Crippen molar-refractivity contribution in [1.82, 2.24) is 4.98 Å². The van der Waals surface area contributed by atoms with Gasteiger partial charge in [0.05, 0.1) is 6.04 Å². The molecule has 3 aromatic carbocycles. The van der Waals surface area contributed by atoms with Crippen LogP contribution in [0.15, 0.2) is 66.7 Å². The largest absolute Gasteiger partial charge is 0.364 e. The minimum atomic E-state index is -0.189. The number of aromatic nitrogens is 1. The summed E-state index contributed by atoms with van der Waals surface area (Å²) in [5, 5.41) is 1.25. The van der Waals surface area contributed by atoms with Crippen molar-refractivity contribution < 1.29 is 4.39 Å². The lowest BCUT2D eigenvalue weighted by Gasteiger charge is -2.39. The number of hydrogen-bond acceptors (Lipinski definition) is 1. The van der Waals surface area contributed by atoms with Gasteiger partial charge in [0.1, 0.15) is 5.82 Å². The highest BCUT2D eigenvalue weighted by Gasteiger charge is 2.28. The Morgan fingerprint density at radius 2 is 1.79 bits per heavy atom. The van der Waals surface area contributed by atoms with Crippen LogP contribution in [0.5, 0.6) is 0 Å². The lowest BCUT2D eigenvalue weighted by Crippen LogP contribution is -2.36. The number of hydrogen-bond donors (Lipinski definition) is 1. The normalized spacial score (nSPS) is 16.2. The third-order valence-electron chi connectivity index (χ3n) is 6.06. The number of anilines is 1. The second-order valence-corrected chi connectivity index (χ2v) is 8.22. The fourth-order valence-electron chi connectivity index (χ4n) is 4.67. The van der Waals surface area contributed by atoms with E-state index < -0.39 is 0 Å². The molecule has 0 bridgehead atoms. The van der Waals surface area contributed by atoms with Gasteiger partial charge in [-0.05, 0) is 85.2 Å². The SMILES string of the molecule is Cc1ccc2c(c1)CCN(c1ccc(F)cc1)C2Cc1ccc2cc(C)[nH]c2c1. The average Bonchev–Trinajstić information content (AvgIpc) is 3.08. The van der Waals surface area contributed by atoms with Gasteiger partial charge in [0.2, 0.25) is 0 Å². The van der Waals surface area contributed by atoms with Crippen molar-refractivity contribution in [3.8, 4) is 0 Å². The zero-order valence-corrected chi connectivity index (χ0v) is 16.9. The summed E-state index contributed by atoms with van der Waals surface area (Å²) in [6.45, 7) is 5.19. The van der Waals surface area contributed by atoms with Gasteiger partial charge in [-0.15, -0.1) is 0 Å². The molecule has 146 valence electrons. The summed E-state index contributed by atoms with van der Waals surface area (Å²) < 4.78 is 13.5. The van der Waals surface area contributed by atoms with E-state index >= 15 is 0 Å². The summed E-state index contributed by atoms with van der Waals surface area (Å²) in [5.41, 5.74) is 8.89. The molecule has 1 aliphatic heterocycles. The van der Waals surface area contributed by atoms with E-state index in [9.17, 15) is 4.39 Å². The first-order chi connectivity index (χ1) is 14.1. The highest BCUT2D eigenvalue weighted by molar-refractivity contribution is 5.81. The molecule has 0 spiro atoms. The molecule has 3 heteroatoms. The minimum Gasteiger partial charge on any atom is -0.364 e. The Morgan fingerprint density at radius 1 is 0.966 bits per heavy atom. The van der Waals surface area contributed by atoms with E-state index in [1.54, 1.807) is 12.1 Å². The Labute approximate surface area is 171 Å². The van der Waals surface area contributed by atoms with Crippen molar-refractivity contribution in [2.24, 2.45) is 0 Å². The number of nitrogens with zero attached hydrogens (tertiary/aromatic N) is 1. The molecule has 2 heterocycles. The molecule has 0 amide bonds. The number of rotatable bonds is 3. The molecule has 0 radical (unpaired) electrons. The number of aromatic amines is 1. The fraction of sp³-hybridized carbons (Fsp3) is 0.231. The monoisotopic (exact) mass is 384 g/mol. The Hall–Kier alpha value is -3.07. The molecule has 1 N–H and O–H groups in total. The number of halogens is 1. The van der Waals surface area contributed by atoms with Crippen LogP contribution in [-0.2, 0) is 12.8 Å². The summed E-state index contributed by atoms with van der Waals surface area (Å²) in [7, 11) is 0. The van der Waals surface area contributed by atoms with Crippen LogP contribution in [0.25, 0.3) is 10.9 Å². The topological polar surface area (TPSA) is 19.0 Å². The number of nitrogens with one attached hydrogen (secondary N) is 1. The van der Waals surface area contributed by atoms with Crippen molar-refractivity contribution in [2.75, 3.05) is 11.4 Å². The van der Waals surface area contributed by atoms with Crippen molar-refractivity contribution >= 4 is 16.6 Å². The predicted octanol–water partition coefficient (Wildman–Crippen LogP) is 6.27. The van der Waals surface area contributed by atoms with Gasteiger partial charge in [0.25, 0.3) is 0 Å². The summed E-state index contributed by atoms with van der Waals surface area (Å²) in [4.78, 5) is 5.89.